The Morgan fingerprint density at radius 2 is 2.08 bits per heavy atom. The minimum Gasteiger partial charge on any atom is -0.366 e. The monoisotopic (exact) mass is 175 g/mol. The summed E-state index contributed by atoms with van der Waals surface area (Å²) in [4.78, 5) is 0. The molecule has 74 valence electrons. The van der Waals surface area contributed by atoms with Crippen LogP contribution in [0.3, 0.4) is 0 Å². The van der Waals surface area contributed by atoms with E-state index in [4.69, 9.17) is 10.5 Å². The molecule has 3 heteroatoms. The average molecular weight is 175 g/mol. The fraction of sp³-hybridized carbons (Fsp3) is 1.00. The van der Waals surface area contributed by atoms with Crippen molar-refractivity contribution in [3.05, 3.63) is 0 Å². The van der Waals surface area contributed by atoms with E-state index in [1.165, 1.54) is 0 Å². The lowest BCUT2D eigenvalue weighted by atomic mass is 10.1. The van der Waals surface area contributed by atoms with Gasteiger partial charge in [0, 0.05) is 6.61 Å². The second-order valence-corrected chi connectivity index (χ2v) is 3.78. The first-order valence-corrected chi connectivity index (χ1v) is 4.52. The van der Waals surface area contributed by atoms with E-state index in [9.17, 15) is 5.11 Å². The molecule has 1 atom stereocenters. The van der Waals surface area contributed by atoms with Crippen molar-refractivity contribution in [3.63, 3.8) is 0 Å². The van der Waals surface area contributed by atoms with E-state index in [0.29, 0.717) is 12.5 Å². The zero-order chi connectivity index (χ0) is 9.61. The molecule has 0 aromatic carbocycles. The van der Waals surface area contributed by atoms with Gasteiger partial charge in [-0.15, -0.1) is 0 Å². The standard InChI is InChI=1S/C9H21NO2/c1-8(7-10)5-4-6-12-9(2,3)11/h8,11H,4-7,10H2,1-3H3. The molecule has 0 radical (unpaired) electrons. The Bertz CT molecular complexity index is 110. The van der Waals surface area contributed by atoms with E-state index in [-0.39, 0.29) is 0 Å². The quantitative estimate of drug-likeness (QED) is 0.469. The summed E-state index contributed by atoms with van der Waals surface area (Å²) in [6.45, 7) is 6.72. The van der Waals surface area contributed by atoms with Crippen LogP contribution < -0.4 is 5.73 Å². The van der Waals surface area contributed by atoms with Crippen molar-refractivity contribution >= 4 is 0 Å². The molecule has 12 heavy (non-hydrogen) atoms. The number of rotatable bonds is 6. The SMILES string of the molecule is CC(CN)CCCOC(C)(C)O. The summed E-state index contributed by atoms with van der Waals surface area (Å²) in [7, 11) is 0. The topological polar surface area (TPSA) is 55.5 Å². The molecule has 0 aliphatic rings. The van der Waals surface area contributed by atoms with Crippen LogP contribution in [-0.2, 0) is 4.74 Å². The Hall–Kier alpha value is -0.120. The van der Waals surface area contributed by atoms with Gasteiger partial charge in [0.15, 0.2) is 5.79 Å². The molecule has 0 saturated carbocycles. The van der Waals surface area contributed by atoms with Crippen LogP contribution in [0.15, 0.2) is 0 Å². The van der Waals surface area contributed by atoms with Gasteiger partial charge in [-0.1, -0.05) is 6.92 Å². The zero-order valence-corrected chi connectivity index (χ0v) is 8.34. The first kappa shape index (κ1) is 11.9. The Balaban J connectivity index is 3.22. The number of hydrogen-bond acceptors (Lipinski definition) is 3. The minimum atomic E-state index is -0.994. The summed E-state index contributed by atoms with van der Waals surface area (Å²) in [5.41, 5.74) is 5.45. The first-order chi connectivity index (χ1) is 5.45. The smallest absolute Gasteiger partial charge is 0.159 e. The Labute approximate surface area is 74.9 Å². The number of aliphatic hydroxyl groups is 1. The highest BCUT2D eigenvalue weighted by Gasteiger charge is 2.11. The summed E-state index contributed by atoms with van der Waals surface area (Å²) >= 11 is 0. The van der Waals surface area contributed by atoms with Gasteiger partial charge in [0.05, 0.1) is 0 Å². The molecule has 0 aliphatic carbocycles. The van der Waals surface area contributed by atoms with Crippen molar-refractivity contribution in [2.45, 2.75) is 39.4 Å². The lowest BCUT2D eigenvalue weighted by Gasteiger charge is -2.18. The number of nitrogens with two attached hydrogens (primary N) is 1. The lowest BCUT2D eigenvalue weighted by molar-refractivity contribution is -0.176. The van der Waals surface area contributed by atoms with Gasteiger partial charge in [0.25, 0.3) is 0 Å². The number of hydrogen-bond donors (Lipinski definition) is 2. The van der Waals surface area contributed by atoms with Gasteiger partial charge in [-0.25, -0.2) is 0 Å². The maximum absolute atomic E-state index is 9.19. The average Bonchev–Trinajstić information content (AvgIpc) is 1.96. The van der Waals surface area contributed by atoms with Crippen LogP contribution in [0.5, 0.6) is 0 Å². The van der Waals surface area contributed by atoms with Gasteiger partial charge in [-0.3, -0.25) is 0 Å². The van der Waals surface area contributed by atoms with E-state index in [1.54, 1.807) is 13.8 Å². The van der Waals surface area contributed by atoms with Gasteiger partial charge >= 0.3 is 0 Å². The highest BCUT2D eigenvalue weighted by molar-refractivity contribution is 4.54. The van der Waals surface area contributed by atoms with E-state index >= 15 is 0 Å². The molecule has 0 saturated heterocycles. The summed E-state index contributed by atoms with van der Waals surface area (Å²) in [6.07, 6.45) is 2.02. The normalized spacial score (nSPS) is 14.8. The maximum atomic E-state index is 9.19. The molecule has 0 bridgehead atoms. The highest BCUT2D eigenvalue weighted by Crippen LogP contribution is 2.07. The summed E-state index contributed by atoms with van der Waals surface area (Å²) in [5.74, 6) is -0.443. The van der Waals surface area contributed by atoms with E-state index in [0.717, 1.165) is 19.4 Å². The fourth-order valence-corrected chi connectivity index (χ4v) is 0.872. The molecule has 0 heterocycles. The fourth-order valence-electron chi connectivity index (χ4n) is 0.872. The van der Waals surface area contributed by atoms with Crippen LogP contribution >= 0.6 is 0 Å². The van der Waals surface area contributed by atoms with Crippen molar-refractivity contribution < 1.29 is 9.84 Å². The summed E-state index contributed by atoms with van der Waals surface area (Å²) in [5, 5.41) is 9.19. The summed E-state index contributed by atoms with van der Waals surface area (Å²) in [6, 6.07) is 0. The van der Waals surface area contributed by atoms with Crippen LogP contribution in [0.25, 0.3) is 0 Å². The largest absolute Gasteiger partial charge is 0.366 e. The van der Waals surface area contributed by atoms with Crippen molar-refractivity contribution in [3.8, 4) is 0 Å². The minimum absolute atomic E-state index is 0.551. The van der Waals surface area contributed by atoms with Crippen molar-refractivity contribution in [2.24, 2.45) is 11.7 Å². The van der Waals surface area contributed by atoms with Crippen LogP contribution in [0.2, 0.25) is 0 Å². The molecular weight excluding hydrogens is 154 g/mol. The third-order valence-corrected chi connectivity index (χ3v) is 1.70. The van der Waals surface area contributed by atoms with E-state index < -0.39 is 5.79 Å². The summed E-state index contributed by atoms with van der Waals surface area (Å²) < 4.78 is 5.14. The van der Waals surface area contributed by atoms with Crippen LogP contribution in [0, 0.1) is 5.92 Å². The Morgan fingerprint density at radius 1 is 1.50 bits per heavy atom. The zero-order valence-electron chi connectivity index (χ0n) is 8.34. The predicted octanol–water partition coefficient (Wildman–Crippen LogP) is 1.11. The van der Waals surface area contributed by atoms with Crippen LogP contribution in [0.4, 0.5) is 0 Å². The molecule has 0 amide bonds. The van der Waals surface area contributed by atoms with Crippen molar-refractivity contribution in [2.75, 3.05) is 13.2 Å². The van der Waals surface area contributed by atoms with Gasteiger partial charge in [0.1, 0.15) is 0 Å². The molecule has 3 N–H and O–H groups in total. The molecule has 0 aliphatic heterocycles. The second kappa shape index (κ2) is 5.51. The van der Waals surface area contributed by atoms with Crippen molar-refractivity contribution in [1.82, 2.24) is 0 Å². The Kier molecular flexibility index (Phi) is 5.46. The molecule has 0 aromatic heterocycles. The first-order valence-electron chi connectivity index (χ1n) is 4.52. The van der Waals surface area contributed by atoms with Gasteiger partial charge in [0.2, 0.25) is 0 Å². The molecule has 0 fully saturated rings. The molecule has 0 spiro atoms. The second-order valence-electron chi connectivity index (χ2n) is 3.78. The molecule has 3 nitrogen and oxygen atoms in total. The molecule has 0 rings (SSSR count). The third kappa shape index (κ3) is 7.98. The maximum Gasteiger partial charge on any atom is 0.159 e. The van der Waals surface area contributed by atoms with Gasteiger partial charge in [-0.05, 0) is 39.2 Å². The van der Waals surface area contributed by atoms with Crippen LogP contribution in [0.1, 0.15) is 33.6 Å². The van der Waals surface area contributed by atoms with E-state index in [2.05, 4.69) is 6.92 Å². The van der Waals surface area contributed by atoms with Gasteiger partial charge in [-0.2, -0.15) is 0 Å². The molecule has 1 unspecified atom stereocenters. The molecular formula is C9H21NO2. The highest BCUT2D eigenvalue weighted by atomic mass is 16.6. The van der Waals surface area contributed by atoms with Gasteiger partial charge < -0.3 is 15.6 Å². The van der Waals surface area contributed by atoms with Crippen molar-refractivity contribution in [1.29, 1.82) is 0 Å². The molecule has 0 aromatic rings. The Morgan fingerprint density at radius 3 is 2.50 bits per heavy atom. The predicted molar refractivity (Wildman–Crippen MR) is 49.7 cm³/mol. The van der Waals surface area contributed by atoms with Crippen LogP contribution in [-0.4, -0.2) is 24.0 Å². The van der Waals surface area contributed by atoms with E-state index in [1.807, 2.05) is 0 Å². The third-order valence-electron chi connectivity index (χ3n) is 1.70. The lowest BCUT2D eigenvalue weighted by Crippen LogP contribution is -2.24. The number of ether oxygens (including phenoxy) is 1.